The van der Waals surface area contributed by atoms with Crippen LogP contribution in [0.5, 0.6) is 0 Å². The van der Waals surface area contributed by atoms with Gasteiger partial charge in [-0.15, -0.1) is 0 Å². The lowest BCUT2D eigenvalue weighted by atomic mass is 10.1. The van der Waals surface area contributed by atoms with E-state index >= 15 is 0 Å². The number of halogens is 4. The molecule has 3 aromatic rings. The predicted octanol–water partition coefficient (Wildman–Crippen LogP) is 5.93. The number of amides is 2. The molecule has 0 aliphatic heterocycles. The molecule has 0 bridgehead atoms. The summed E-state index contributed by atoms with van der Waals surface area (Å²) in [5.74, 6) is -1.18. The molecule has 42 heavy (non-hydrogen) atoms. The second-order valence-corrected chi connectivity index (χ2v) is 11.9. The van der Waals surface area contributed by atoms with E-state index in [2.05, 4.69) is 5.32 Å². The van der Waals surface area contributed by atoms with Crippen LogP contribution in [0.25, 0.3) is 0 Å². The van der Waals surface area contributed by atoms with Crippen molar-refractivity contribution in [2.75, 3.05) is 23.9 Å². The van der Waals surface area contributed by atoms with E-state index in [-0.39, 0.29) is 11.4 Å². The summed E-state index contributed by atoms with van der Waals surface area (Å²) in [6.07, 6.45) is -2.92. The van der Waals surface area contributed by atoms with Crippen LogP contribution in [0.2, 0.25) is 5.02 Å². The Morgan fingerprint density at radius 2 is 1.60 bits per heavy atom. The maximum atomic E-state index is 13.8. The Labute approximate surface area is 249 Å². The van der Waals surface area contributed by atoms with Crippen molar-refractivity contribution >= 4 is 39.1 Å². The van der Waals surface area contributed by atoms with Gasteiger partial charge in [-0.1, -0.05) is 73.5 Å². The largest absolute Gasteiger partial charge is 0.417 e. The van der Waals surface area contributed by atoms with Crippen molar-refractivity contribution < 1.29 is 31.2 Å². The van der Waals surface area contributed by atoms with Crippen LogP contribution in [0.4, 0.5) is 18.9 Å². The molecule has 7 nitrogen and oxygen atoms in total. The highest BCUT2D eigenvalue weighted by Crippen LogP contribution is 2.38. The van der Waals surface area contributed by atoms with E-state index in [4.69, 9.17) is 11.6 Å². The number of carbonyl (C=O) groups is 2. The molecule has 0 fully saturated rings. The normalized spacial score (nSPS) is 12.4. The maximum Gasteiger partial charge on any atom is 0.417 e. The topological polar surface area (TPSA) is 86.8 Å². The van der Waals surface area contributed by atoms with Crippen molar-refractivity contribution in [3.8, 4) is 0 Å². The van der Waals surface area contributed by atoms with Gasteiger partial charge in [0.1, 0.15) is 12.6 Å². The van der Waals surface area contributed by atoms with E-state index in [1.807, 2.05) is 37.3 Å². The predicted molar refractivity (Wildman–Crippen MR) is 157 cm³/mol. The molecule has 0 saturated carbocycles. The number of anilines is 1. The Hall–Kier alpha value is -3.57. The number of sulfonamides is 1. The first kappa shape index (κ1) is 32.9. The Kier molecular flexibility index (Phi) is 11.4. The first-order valence-electron chi connectivity index (χ1n) is 13.4. The molecule has 0 aliphatic rings. The number of benzene rings is 3. The van der Waals surface area contributed by atoms with Crippen molar-refractivity contribution in [1.82, 2.24) is 10.2 Å². The zero-order valence-corrected chi connectivity index (χ0v) is 24.8. The van der Waals surface area contributed by atoms with Crippen LogP contribution < -0.4 is 9.62 Å². The molecule has 0 aliphatic carbocycles. The molecule has 3 aromatic carbocycles. The second-order valence-electron chi connectivity index (χ2n) is 9.63. The van der Waals surface area contributed by atoms with Gasteiger partial charge in [0.05, 0.1) is 21.2 Å². The molecule has 226 valence electrons. The van der Waals surface area contributed by atoms with Crippen LogP contribution in [0.15, 0.2) is 83.8 Å². The summed E-state index contributed by atoms with van der Waals surface area (Å²) in [6, 6.07) is 18.0. The number of carbonyl (C=O) groups excluding carboxylic acids is 2. The number of rotatable bonds is 13. The van der Waals surface area contributed by atoms with Crippen molar-refractivity contribution in [3.05, 3.63) is 95.0 Å². The zero-order valence-electron chi connectivity index (χ0n) is 23.3. The van der Waals surface area contributed by atoms with Crippen LogP contribution in [-0.4, -0.2) is 50.8 Å². The minimum absolute atomic E-state index is 0.0683. The molecule has 2 amide bonds. The lowest BCUT2D eigenvalue weighted by Gasteiger charge is -2.32. The minimum atomic E-state index is -4.87. The molecule has 0 radical (unpaired) electrons. The number of hydrogen-bond acceptors (Lipinski definition) is 4. The first-order chi connectivity index (χ1) is 19.9. The van der Waals surface area contributed by atoms with Crippen LogP contribution in [0, 0.1) is 0 Å². The summed E-state index contributed by atoms with van der Waals surface area (Å²) in [4.78, 5) is 27.8. The lowest BCUT2D eigenvalue weighted by molar-refractivity contribution is -0.138. The minimum Gasteiger partial charge on any atom is -0.354 e. The van der Waals surface area contributed by atoms with E-state index in [0.29, 0.717) is 23.3 Å². The molecule has 0 unspecified atom stereocenters. The van der Waals surface area contributed by atoms with E-state index in [9.17, 15) is 31.2 Å². The third kappa shape index (κ3) is 8.48. The van der Waals surface area contributed by atoms with Crippen LogP contribution in [0.1, 0.15) is 37.8 Å². The number of unbranched alkanes of at least 4 members (excludes halogenated alkanes) is 1. The van der Waals surface area contributed by atoms with E-state index < -0.39 is 56.9 Å². The fourth-order valence-electron chi connectivity index (χ4n) is 4.24. The van der Waals surface area contributed by atoms with E-state index in [1.54, 1.807) is 6.07 Å². The van der Waals surface area contributed by atoms with Crippen molar-refractivity contribution in [1.29, 1.82) is 0 Å². The molecular formula is C30H33ClF3N3O4S. The Bertz CT molecular complexity index is 1460. The third-order valence-corrected chi connectivity index (χ3v) is 8.75. The van der Waals surface area contributed by atoms with Crippen molar-refractivity contribution in [3.63, 3.8) is 0 Å². The SMILES string of the molecule is CCCCNC(=O)[C@@H](C)N(CCc1ccccc1)C(=O)CN(c1ccc(Cl)c(C(F)(F)F)c1)S(=O)(=O)c1ccccc1. The van der Waals surface area contributed by atoms with E-state index in [1.165, 1.54) is 36.1 Å². The van der Waals surface area contributed by atoms with Crippen molar-refractivity contribution in [2.45, 2.75) is 50.2 Å². The van der Waals surface area contributed by atoms with Crippen LogP contribution in [0.3, 0.4) is 0 Å². The van der Waals surface area contributed by atoms with Gasteiger partial charge in [0.15, 0.2) is 0 Å². The van der Waals surface area contributed by atoms with Gasteiger partial charge in [0, 0.05) is 13.1 Å². The van der Waals surface area contributed by atoms with Crippen LogP contribution in [-0.2, 0) is 32.2 Å². The molecule has 0 aromatic heterocycles. The Morgan fingerprint density at radius 3 is 2.19 bits per heavy atom. The zero-order chi connectivity index (χ0) is 30.9. The number of nitrogens with one attached hydrogen (secondary N) is 1. The average Bonchev–Trinajstić information content (AvgIpc) is 2.96. The summed E-state index contributed by atoms with van der Waals surface area (Å²) in [5, 5.41) is 2.17. The van der Waals surface area contributed by atoms with Gasteiger partial charge in [-0.2, -0.15) is 13.2 Å². The molecule has 0 spiro atoms. The van der Waals surface area contributed by atoms with Gasteiger partial charge < -0.3 is 10.2 Å². The number of nitrogens with zero attached hydrogens (tertiary/aromatic N) is 2. The molecule has 0 saturated heterocycles. The molecule has 1 N–H and O–H groups in total. The standard InChI is InChI=1S/C30H33ClF3N3O4S/c1-3-4-18-35-29(39)22(2)36(19-17-23-11-7-5-8-12-23)28(38)21-37(42(40,41)25-13-9-6-10-14-25)24-15-16-27(31)26(20-24)30(32,33)34/h5-16,20,22H,3-4,17-19,21H2,1-2H3,(H,35,39)/t22-/m1/s1. The Morgan fingerprint density at radius 1 is 0.976 bits per heavy atom. The van der Waals surface area contributed by atoms with Gasteiger partial charge in [-0.3, -0.25) is 13.9 Å². The molecule has 1 atom stereocenters. The summed E-state index contributed by atoms with van der Waals surface area (Å²) >= 11 is 5.79. The highest BCUT2D eigenvalue weighted by molar-refractivity contribution is 7.92. The first-order valence-corrected chi connectivity index (χ1v) is 15.2. The summed E-state index contributed by atoms with van der Waals surface area (Å²) < 4.78 is 69.3. The lowest BCUT2D eigenvalue weighted by Crippen LogP contribution is -2.52. The average molecular weight is 624 g/mol. The highest BCUT2D eigenvalue weighted by Gasteiger charge is 2.36. The fourth-order valence-corrected chi connectivity index (χ4v) is 5.89. The van der Waals surface area contributed by atoms with Gasteiger partial charge >= 0.3 is 6.18 Å². The second kappa shape index (κ2) is 14.6. The van der Waals surface area contributed by atoms with Crippen LogP contribution >= 0.6 is 11.6 Å². The van der Waals surface area contributed by atoms with Gasteiger partial charge in [-0.25, -0.2) is 8.42 Å². The number of hydrogen-bond donors (Lipinski definition) is 1. The number of alkyl halides is 3. The van der Waals surface area contributed by atoms with E-state index in [0.717, 1.165) is 30.5 Å². The van der Waals surface area contributed by atoms with Gasteiger partial charge in [0.25, 0.3) is 10.0 Å². The summed E-state index contributed by atoms with van der Waals surface area (Å²) in [5.41, 5.74) is -0.755. The van der Waals surface area contributed by atoms with Gasteiger partial charge in [0.2, 0.25) is 11.8 Å². The highest BCUT2D eigenvalue weighted by atomic mass is 35.5. The molecular weight excluding hydrogens is 591 g/mol. The van der Waals surface area contributed by atoms with Gasteiger partial charge in [-0.05, 0) is 55.7 Å². The fraction of sp³-hybridized carbons (Fsp3) is 0.333. The smallest absolute Gasteiger partial charge is 0.354 e. The molecule has 0 heterocycles. The molecule has 12 heteroatoms. The monoisotopic (exact) mass is 623 g/mol. The summed E-state index contributed by atoms with van der Waals surface area (Å²) in [6.45, 7) is 3.12. The Balaban J connectivity index is 2.03. The maximum absolute atomic E-state index is 13.8. The quantitative estimate of drug-likeness (QED) is 0.239. The molecule has 3 rings (SSSR count). The summed E-state index contributed by atoms with van der Waals surface area (Å²) in [7, 11) is -4.51. The third-order valence-electron chi connectivity index (χ3n) is 6.63. The van der Waals surface area contributed by atoms with Crippen molar-refractivity contribution in [2.24, 2.45) is 0 Å².